The number of alkyl halides is 3. The molecule has 0 spiro atoms. The quantitative estimate of drug-likeness (QED) is 0.398. The van der Waals surface area contributed by atoms with Crippen molar-refractivity contribution in [3.63, 3.8) is 0 Å². The number of carbonyl (C=O) groups excluding carboxylic acids is 2. The molecule has 0 bridgehead atoms. The van der Waals surface area contributed by atoms with Gasteiger partial charge >= 0.3 is 6.18 Å². The Labute approximate surface area is 187 Å². The molecule has 0 saturated heterocycles. The van der Waals surface area contributed by atoms with Crippen molar-refractivity contribution >= 4 is 18.2 Å². The van der Waals surface area contributed by atoms with Crippen LogP contribution in [-0.4, -0.2) is 23.4 Å². The maximum absolute atomic E-state index is 14.2. The molecule has 0 N–H and O–H groups in total. The monoisotopic (exact) mass is 466 g/mol. The summed E-state index contributed by atoms with van der Waals surface area (Å²) in [5, 5.41) is 0. The van der Waals surface area contributed by atoms with E-state index in [-0.39, 0.29) is 11.1 Å². The van der Waals surface area contributed by atoms with Gasteiger partial charge in [-0.1, -0.05) is 42.3 Å². The molecule has 2 aromatic carbocycles. The van der Waals surface area contributed by atoms with Crippen molar-refractivity contribution in [2.75, 3.05) is 6.16 Å². The molecule has 2 rings (SSSR count). The predicted octanol–water partition coefficient (Wildman–Crippen LogP) is 7.47. The normalized spacial score (nSPS) is 13.2. The van der Waals surface area contributed by atoms with Crippen LogP contribution in [0, 0.1) is 47.5 Å². The van der Waals surface area contributed by atoms with Crippen LogP contribution in [0.15, 0.2) is 24.3 Å². The minimum atomic E-state index is -4.48. The summed E-state index contributed by atoms with van der Waals surface area (Å²) in [6, 6.07) is 6.99. The first kappa shape index (κ1) is 26.1. The van der Waals surface area contributed by atoms with Crippen LogP contribution >= 0.6 is 7.14 Å². The molecule has 0 amide bonds. The van der Waals surface area contributed by atoms with Gasteiger partial charge in [0.2, 0.25) is 18.2 Å². The molecule has 7 heteroatoms. The fraction of sp³-hybridized carbons (Fsp3) is 0.440. The van der Waals surface area contributed by atoms with Crippen LogP contribution in [0.2, 0.25) is 0 Å². The van der Waals surface area contributed by atoms with Gasteiger partial charge in [0.1, 0.15) is 0 Å². The van der Waals surface area contributed by atoms with E-state index in [4.69, 9.17) is 0 Å². The summed E-state index contributed by atoms with van der Waals surface area (Å²) in [6.07, 6.45) is -6.32. The molecule has 174 valence electrons. The summed E-state index contributed by atoms with van der Waals surface area (Å²) in [5.74, 6) is -1.15. The van der Waals surface area contributed by atoms with Gasteiger partial charge in [-0.2, -0.15) is 13.2 Å². The van der Waals surface area contributed by atoms with Crippen molar-refractivity contribution in [1.82, 2.24) is 0 Å². The third-order valence-electron chi connectivity index (χ3n) is 5.59. The summed E-state index contributed by atoms with van der Waals surface area (Å²) >= 11 is 0. The van der Waals surface area contributed by atoms with E-state index in [1.807, 2.05) is 13.8 Å². The highest BCUT2D eigenvalue weighted by molar-refractivity contribution is 7.95. The number of hydrogen-bond donors (Lipinski definition) is 0. The highest BCUT2D eigenvalue weighted by Gasteiger charge is 2.45. The molecule has 32 heavy (non-hydrogen) atoms. The third-order valence-corrected chi connectivity index (χ3v) is 8.48. The lowest BCUT2D eigenvalue weighted by Gasteiger charge is -2.24. The maximum atomic E-state index is 14.2. The minimum absolute atomic E-state index is 0.161. The molecule has 0 aromatic heterocycles. The second kappa shape index (κ2) is 9.35. The van der Waals surface area contributed by atoms with Crippen LogP contribution in [0.3, 0.4) is 0 Å². The van der Waals surface area contributed by atoms with Crippen LogP contribution in [0.1, 0.15) is 67.4 Å². The molecule has 0 aliphatic rings. The number of carbonyl (C=O) groups is 2. The summed E-state index contributed by atoms with van der Waals surface area (Å²) in [7, 11) is -4.40. The molecule has 2 aromatic rings. The zero-order valence-electron chi connectivity index (χ0n) is 19.6. The van der Waals surface area contributed by atoms with Crippen molar-refractivity contribution in [3.05, 3.63) is 68.8 Å². The lowest BCUT2D eigenvalue weighted by Crippen LogP contribution is -2.23. The van der Waals surface area contributed by atoms with Gasteiger partial charge in [-0.05, 0) is 69.7 Å². The van der Waals surface area contributed by atoms with Crippen molar-refractivity contribution < 1.29 is 27.3 Å². The smallest absolute Gasteiger partial charge is 0.307 e. The van der Waals surface area contributed by atoms with Gasteiger partial charge in [-0.25, -0.2) is 0 Å². The van der Waals surface area contributed by atoms with Gasteiger partial charge in [0, 0.05) is 23.7 Å². The van der Waals surface area contributed by atoms with Gasteiger partial charge < -0.3 is 4.57 Å². The standard InChI is InChI=1S/C25H30F3O3P/c1-14-8-17(4)21(18(5)9-14)23(29)32(31,13-16(3)12-25(26,27)28)24(30)22-19(6)10-15(2)11-20(22)7/h8-11,16H,12-13H2,1-7H3. The highest BCUT2D eigenvalue weighted by atomic mass is 31.2. The molecule has 0 radical (unpaired) electrons. The molecular formula is C25H30F3O3P. The number of benzene rings is 2. The van der Waals surface area contributed by atoms with E-state index < -0.39 is 42.9 Å². The fourth-order valence-electron chi connectivity index (χ4n) is 4.55. The van der Waals surface area contributed by atoms with E-state index >= 15 is 0 Å². The number of hydrogen-bond acceptors (Lipinski definition) is 3. The minimum Gasteiger partial charge on any atom is -0.307 e. The first-order valence-electron chi connectivity index (χ1n) is 10.5. The zero-order chi connectivity index (χ0) is 24.6. The van der Waals surface area contributed by atoms with E-state index in [1.165, 1.54) is 6.92 Å². The Kier molecular flexibility index (Phi) is 7.61. The molecule has 1 unspecified atom stereocenters. The Hall–Kier alpha value is -2.20. The van der Waals surface area contributed by atoms with E-state index in [0.717, 1.165) is 11.1 Å². The van der Waals surface area contributed by atoms with Gasteiger partial charge in [-0.3, -0.25) is 9.59 Å². The van der Waals surface area contributed by atoms with E-state index in [1.54, 1.807) is 52.0 Å². The Morgan fingerprint density at radius 2 is 1.09 bits per heavy atom. The number of halogens is 3. The zero-order valence-corrected chi connectivity index (χ0v) is 20.5. The van der Waals surface area contributed by atoms with Crippen LogP contribution < -0.4 is 0 Å². The Morgan fingerprint density at radius 1 is 0.781 bits per heavy atom. The summed E-state index contributed by atoms with van der Waals surface area (Å²) in [5.41, 5.74) is 2.63. The van der Waals surface area contributed by atoms with E-state index in [0.29, 0.717) is 22.3 Å². The van der Waals surface area contributed by atoms with Gasteiger partial charge in [0.25, 0.3) is 0 Å². The average Bonchev–Trinajstić information content (AvgIpc) is 2.57. The van der Waals surface area contributed by atoms with Crippen molar-refractivity contribution in [2.45, 2.75) is 61.1 Å². The van der Waals surface area contributed by atoms with Gasteiger partial charge in [-0.15, -0.1) is 0 Å². The highest BCUT2D eigenvalue weighted by Crippen LogP contribution is 2.55. The molecule has 0 aliphatic carbocycles. The number of rotatable bonds is 7. The molecular weight excluding hydrogens is 436 g/mol. The molecule has 0 heterocycles. The summed E-state index contributed by atoms with van der Waals surface area (Å²) < 4.78 is 53.3. The van der Waals surface area contributed by atoms with Crippen LogP contribution in [0.5, 0.6) is 0 Å². The second-order valence-corrected chi connectivity index (χ2v) is 11.7. The topological polar surface area (TPSA) is 51.2 Å². The van der Waals surface area contributed by atoms with Crippen LogP contribution in [-0.2, 0) is 4.57 Å². The Bertz CT molecular complexity index is 996. The summed E-state index contributed by atoms with van der Waals surface area (Å²) in [6.45, 7) is 11.7. The number of aryl methyl sites for hydroxylation is 6. The lowest BCUT2D eigenvalue weighted by molar-refractivity contribution is -0.141. The molecule has 0 aliphatic heterocycles. The van der Waals surface area contributed by atoms with Crippen molar-refractivity contribution in [1.29, 1.82) is 0 Å². The van der Waals surface area contributed by atoms with Gasteiger partial charge in [0.05, 0.1) is 0 Å². The first-order chi connectivity index (χ1) is 14.6. The van der Waals surface area contributed by atoms with Crippen LogP contribution in [0.25, 0.3) is 0 Å². The van der Waals surface area contributed by atoms with Crippen molar-refractivity contribution in [3.8, 4) is 0 Å². The lowest BCUT2D eigenvalue weighted by atomic mass is 10.0. The Morgan fingerprint density at radius 3 is 1.38 bits per heavy atom. The molecule has 3 nitrogen and oxygen atoms in total. The maximum Gasteiger partial charge on any atom is 0.389 e. The van der Waals surface area contributed by atoms with Crippen molar-refractivity contribution in [2.24, 2.45) is 5.92 Å². The van der Waals surface area contributed by atoms with Gasteiger partial charge in [0.15, 0.2) is 0 Å². The van der Waals surface area contributed by atoms with Crippen LogP contribution in [0.4, 0.5) is 13.2 Å². The fourth-order valence-corrected chi connectivity index (χ4v) is 7.50. The predicted molar refractivity (Wildman–Crippen MR) is 122 cm³/mol. The van der Waals surface area contributed by atoms with E-state index in [2.05, 4.69) is 0 Å². The second-order valence-electron chi connectivity index (χ2n) is 9.00. The third kappa shape index (κ3) is 5.58. The van der Waals surface area contributed by atoms with E-state index in [9.17, 15) is 27.3 Å². The molecule has 0 fully saturated rings. The average molecular weight is 466 g/mol. The first-order valence-corrected chi connectivity index (χ1v) is 12.4. The largest absolute Gasteiger partial charge is 0.389 e. The molecule has 1 atom stereocenters. The Balaban J connectivity index is 2.70. The SMILES string of the molecule is Cc1cc(C)c(C(=O)P(=O)(CC(C)CC(F)(F)F)C(=O)c2c(C)cc(C)cc2C)c(C)c1. The molecule has 0 saturated carbocycles. The summed E-state index contributed by atoms with van der Waals surface area (Å²) in [4.78, 5) is 27.3.